The zero-order chi connectivity index (χ0) is 15.4. The van der Waals surface area contributed by atoms with Gasteiger partial charge in [-0.1, -0.05) is 12.2 Å². The molecule has 2 N–H and O–H groups in total. The molecule has 0 amide bonds. The van der Waals surface area contributed by atoms with Gasteiger partial charge >= 0.3 is 0 Å². The van der Waals surface area contributed by atoms with Crippen LogP contribution < -0.4 is 5.73 Å². The molecule has 1 saturated heterocycles. The first-order valence-electron chi connectivity index (χ1n) is 7.46. The van der Waals surface area contributed by atoms with Crippen LogP contribution in [0.2, 0.25) is 0 Å². The Morgan fingerprint density at radius 2 is 2.19 bits per heavy atom. The van der Waals surface area contributed by atoms with Gasteiger partial charge in [-0.3, -0.25) is 0 Å². The maximum absolute atomic E-state index is 6.06. The van der Waals surface area contributed by atoms with Gasteiger partial charge in [-0.2, -0.15) is 5.10 Å². The van der Waals surface area contributed by atoms with E-state index in [0.717, 1.165) is 36.3 Å². The lowest BCUT2D eigenvalue weighted by Gasteiger charge is -2.25. The van der Waals surface area contributed by atoms with E-state index in [1.54, 1.807) is 0 Å². The van der Waals surface area contributed by atoms with Crippen molar-refractivity contribution in [2.45, 2.75) is 46.3 Å². The smallest absolute Gasteiger partial charge is 0.150 e. The second-order valence-electron chi connectivity index (χ2n) is 5.78. The van der Waals surface area contributed by atoms with E-state index in [9.17, 15) is 0 Å². The molecule has 1 atom stereocenters. The van der Waals surface area contributed by atoms with Crippen molar-refractivity contribution >= 4 is 5.57 Å². The Balaban J connectivity index is 2.39. The molecule has 1 aliphatic heterocycles. The Morgan fingerprint density at radius 3 is 2.76 bits per heavy atom. The summed E-state index contributed by atoms with van der Waals surface area (Å²) >= 11 is 0. The second-order valence-corrected chi connectivity index (χ2v) is 5.78. The van der Waals surface area contributed by atoms with Crippen LogP contribution in [0.15, 0.2) is 41.8 Å². The van der Waals surface area contributed by atoms with E-state index in [0.29, 0.717) is 5.70 Å². The molecule has 2 rings (SSSR count). The van der Waals surface area contributed by atoms with Crippen LogP contribution in [0.5, 0.6) is 0 Å². The maximum atomic E-state index is 6.06. The molecule has 21 heavy (non-hydrogen) atoms. The van der Waals surface area contributed by atoms with Gasteiger partial charge in [-0.25, -0.2) is 4.68 Å². The molecule has 1 unspecified atom stereocenters. The molecule has 114 valence electrons. The summed E-state index contributed by atoms with van der Waals surface area (Å²) in [6.45, 7) is 10.8. The normalized spacial score (nSPS) is 19.4. The van der Waals surface area contributed by atoms with Crippen LogP contribution >= 0.6 is 0 Å². The van der Waals surface area contributed by atoms with E-state index < -0.39 is 0 Å². The van der Waals surface area contributed by atoms with Gasteiger partial charge in [0, 0.05) is 24.1 Å². The molecule has 2 heterocycles. The number of ether oxygens (including phenoxy) is 1. The van der Waals surface area contributed by atoms with Gasteiger partial charge in [0.05, 0.1) is 5.69 Å². The molecule has 4 heteroatoms. The molecule has 1 fully saturated rings. The summed E-state index contributed by atoms with van der Waals surface area (Å²) < 4.78 is 7.83. The van der Waals surface area contributed by atoms with Crippen molar-refractivity contribution in [2.75, 3.05) is 6.61 Å². The Labute approximate surface area is 127 Å². The zero-order valence-electron chi connectivity index (χ0n) is 13.2. The minimum atomic E-state index is 0.0255. The molecular weight excluding hydrogens is 262 g/mol. The molecule has 1 aliphatic rings. The predicted molar refractivity (Wildman–Crippen MR) is 86.4 cm³/mol. The monoisotopic (exact) mass is 287 g/mol. The van der Waals surface area contributed by atoms with E-state index in [-0.39, 0.29) is 6.23 Å². The second kappa shape index (κ2) is 6.76. The molecule has 1 aromatic rings. The van der Waals surface area contributed by atoms with Gasteiger partial charge in [-0.15, -0.1) is 0 Å². The summed E-state index contributed by atoms with van der Waals surface area (Å²) in [4.78, 5) is 0. The van der Waals surface area contributed by atoms with Gasteiger partial charge in [0.15, 0.2) is 6.23 Å². The summed E-state index contributed by atoms with van der Waals surface area (Å²) in [5.41, 5.74) is 10.9. The molecule has 0 saturated carbocycles. The first kappa shape index (κ1) is 15.6. The lowest BCUT2D eigenvalue weighted by atomic mass is 10.0. The minimum Gasteiger partial charge on any atom is -0.399 e. The summed E-state index contributed by atoms with van der Waals surface area (Å²) in [6, 6.07) is 2.02. The van der Waals surface area contributed by atoms with Crippen molar-refractivity contribution < 1.29 is 4.74 Å². The van der Waals surface area contributed by atoms with Crippen molar-refractivity contribution in [1.82, 2.24) is 9.78 Å². The Kier molecular flexibility index (Phi) is 5.02. The number of rotatable bonds is 4. The minimum absolute atomic E-state index is 0.0255. The molecule has 0 aromatic carbocycles. The summed E-state index contributed by atoms with van der Waals surface area (Å²) in [5, 5.41) is 4.46. The fourth-order valence-corrected chi connectivity index (χ4v) is 2.43. The molecule has 0 bridgehead atoms. The predicted octanol–water partition coefficient (Wildman–Crippen LogP) is 3.79. The number of hydrogen-bond acceptors (Lipinski definition) is 3. The van der Waals surface area contributed by atoms with Gasteiger partial charge < -0.3 is 10.5 Å². The van der Waals surface area contributed by atoms with Crippen LogP contribution in [0.25, 0.3) is 5.57 Å². The van der Waals surface area contributed by atoms with E-state index in [2.05, 4.69) is 25.5 Å². The molecule has 1 aromatic heterocycles. The van der Waals surface area contributed by atoms with Crippen molar-refractivity contribution in [2.24, 2.45) is 5.73 Å². The van der Waals surface area contributed by atoms with Gasteiger partial charge in [0.1, 0.15) is 0 Å². The van der Waals surface area contributed by atoms with Crippen LogP contribution in [0, 0.1) is 0 Å². The Hall–Kier alpha value is -1.81. The lowest BCUT2D eigenvalue weighted by Crippen LogP contribution is -2.20. The van der Waals surface area contributed by atoms with Crippen LogP contribution in [0.4, 0.5) is 0 Å². The molecular formula is C17H25N3O. The molecule has 0 spiro atoms. The van der Waals surface area contributed by atoms with Crippen LogP contribution in [0.1, 0.15) is 52.0 Å². The number of nitrogens with two attached hydrogens (primary N) is 1. The van der Waals surface area contributed by atoms with E-state index in [1.165, 1.54) is 12.0 Å². The number of nitrogens with zero attached hydrogens (tertiary/aromatic N) is 2. The molecule has 4 nitrogen and oxygen atoms in total. The standard InChI is InChI=1S/C17H25N3O/c1-12(2)14(11-15(18)13(3)4)16-8-9-19-20(16)17-7-5-6-10-21-17/h8-9,11,17H,3,5-7,10,18H2,1-2,4H3/b15-11+. The third-order valence-corrected chi connectivity index (χ3v) is 3.71. The quantitative estimate of drug-likeness (QED) is 0.857. The first-order valence-corrected chi connectivity index (χ1v) is 7.46. The highest BCUT2D eigenvalue weighted by molar-refractivity contribution is 5.75. The largest absolute Gasteiger partial charge is 0.399 e. The molecule has 0 aliphatic carbocycles. The van der Waals surface area contributed by atoms with E-state index in [4.69, 9.17) is 10.5 Å². The highest BCUT2D eigenvalue weighted by Gasteiger charge is 2.20. The fraction of sp³-hybridized carbons (Fsp3) is 0.471. The maximum Gasteiger partial charge on any atom is 0.150 e. The van der Waals surface area contributed by atoms with Crippen LogP contribution in [-0.2, 0) is 4.74 Å². The summed E-state index contributed by atoms with van der Waals surface area (Å²) in [6.07, 6.45) is 7.14. The summed E-state index contributed by atoms with van der Waals surface area (Å²) in [7, 11) is 0. The number of hydrogen-bond donors (Lipinski definition) is 1. The van der Waals surface area contributed by atoms with Crippen LogP contribution in [0.3, 0.4) is 0 Å². The van der Waals surface area contributed by atoms with Crippen molar-refractivity contribution in [3.63, 3.8) is 0 Å². The third kappa shape index (κ3) is 3.64. The topological polar surface area (TPSA) is 53.1 Å². The van der Waals surface area contributed by atoms with Crippen LogP contribution in [-0.4, -0.2) is 16.4 Å². The van der Waals surface area contributed by atoms with Gasteiger partial charge in [-0.05, 0) is 57.7 Å². The average molecular weight is 287 g/mol. The van der Waals surface area contributed by atoms with E-state index >= 15 is 0 Å². The Morgan fingerprint density at radius 1 is 1.43 bits per heavy atom. The fourth-order valence-electron chi connectivity index (χ4n) is 2.43. The number of allylic oxidation sites excluding steroid dienone is 4. The van der Waals surface area contributed by atoms with E-state index in [1.807, 2.05) is 29.9 Å². The highest BCUT2D eigenvalue weighted by atomic mass is 16.5. The molecule has 0 radical (unpaired) electrons. The number of aromatic nitrogens is 2. The Bertz CT molecular complexity index is 571. The first-order chi connectivity index (χ1) is 10.0. The summed E-state index contributed by atoms with van der Waals surface area (Å²) in [5.74, 6) is 0. The lowest BCUT2D eigenvalue weighted by molar-refractivity contribution is -0.0399. The van der Waals surface area contributed by atoms with Crippen molar-refractivity contribution in [3.8, 4) is 0 Å². The van der Waals surface area contributed by atoms with Crippen molar-refractivity contribution in [3.05, 3.63) is 47.5 Å². The zero-order valence-corrected chi connectivity index (χ0v) is 13.2. The van der Waals surface area contributed by atoms with Gasteiger partial charge in [0.25, 0.3) is 0 Å². The SMILES string of the molecule is C=C(C)/C(N)=C\C(=C(C)C)c1ccnn1C1CCCCO1. The van der Waals surface area contributed by atoms with Gasteiger partial charge in [0.2, 0.25) is 0 Å². The highest BCUT2D eigenvalue weighted by Crippen LogP contribution is 2.28. The third-order valence-electron chi connectivity index (χ3n) is 3.71. The van der Waals surface area contributed by atoms with Crippen molar-refractivity contribution in [1.29, 1.82) is 0 Å². The average Bonchev–Trinajstić information content (AvgIpc) is 2.93.